The van der Waals surface area contributed by atoms with Crippen LogP contribution in [0.15, 0.2) is 73.3 Å². The first kappa shape index (κ1) is 66.1. The van der Waals surface area contributed by atoms with Crippen LogP contribution in [0.1, 0.15) is 57.6 Å². The second-order valence-corrected chi connectivity index (χ2v) is 34.4. The monoisotopic (exact) mass is 1350 g/mol. The average molecular weight is 1350 g/mol. The lowest BCUT2D eigenvalue weighted by atomic mass is 9.79. The lowest BCUT2D eigenvalue weighted by Crippen LogP contribution is -2.41. The van der Waals surface area contributed by atoms with E-state index in [2.05, 4.69) is 62.5 Å². The number of pyridine rings is 2. The third-order valence-electron chi connectivity index (χ3n) is 10.9. The van der Waals surface area contributed by atoms with E-state index in [-0.39, 0.29) is 71.4 Å². The molecule has 0 amide bonds. The first-order valence-electron chi connectivity index (χ1n) is 21.6. The summed E-state index contributed by atoms with van der Waals surface area (Å²) in [6.07, 6.45) is 5.88. The zero-order valence-electron chi connectivity index (χ0n) is 40.9. The number of aromatic nitrogens is 10. The van der Waals surface area contributed by atoms with Crippen LogP contribution in [0, 0.1) is 56.0 Å². The fraction of sp³-hybridized carbons (Fsp3) is 0.209. The number of benzene rings is 2. The summed E-state index contributed by atoms with van der Waals surface area (Å²) >= 11 is 15.3. The van der Waals surface area contributed by atoms with E-state index in [4.69, 9.17) is 48.6 Å². The Labute approximate surface area is 502 Å². The van der Waals surface area contributed by atoms with Crippen molar-refractivity contribution in [3.63, 3.8) is 0 Å². The van der Waals surface area contributed by atoms with E-state index in [0.29, 0.717) is 45.5 Å². The number of hydrogen-bond acceptors (Lipinski definition) is 19. The SMILES string of the molecule is C.CC1(C)OB(c2ccnc(C#N)c2)OC1(C)C.N#Cc1cc(-c2nc(N)nc3c2cnn3Cc2c(F)cc(N)cc2F)ccn1.Nc1nc(Cl)c2cnn(Cc3c(F)cc([N+](=O)[O-])cc3F)c2n1.S=S=S=S=S=S=S=S=S=S=S=S. The lowest BCUT2D eigenvalue weighted by molar-refractivity contribution is -0.385. The van der Waals surface area contributed by atoms with E-state index >= 15 is 0 Å². The van der Waals surface area contributed by atoms with Crippen molar-refractivity contribution in [2.24, 2.45) is 0 Å². The summed E-state index contributed by atoms with van der Waals surface area (Å²) in [5.41, 5.74) is 17.7. The highest BCUT2D eigenvalue weighted by atomic mass is 35.5. The molecule has 38 heteroatoms. The van der Waals surface area contributed by atoms with Gasteiger partial charge in [0.25, 0.3) is 5.69 Å². The largest absolute Gasteiger partial charge is 0.494 e. The molecule has 81 heavy (non-hydrogen) atoms. The van der Waals surface area contributed by atoms with Crippen LogP contribution in [0.3, 0.4) is 0 Å². The Morgan fingerprint density at radius 1 is 0.691 bits per heavy atom. The maximum atomic E-state index is 14.2. The number of nitrogens with zero attached hydrogens (tertiary/aromatic N) is 13. The number of nitrogen functional groups attached to an aromatic ring is 3. The minimum Gasteiger partial charge on any atom is -0.399 e. The van der Waals surface area contributed by atoms with Crippen LogP contribution >= 0.6 is 11.6 Å². The van der Waals surface area contributed by atoms with E-state index in [1.54, 1.807) is 95.4 Å². The van der Waals surface area contributed by atoms with Gasteiger partial charge in [0.1, 0.15) is 51.9 Å². The molecule has 20 nitrogen and oxygen atoms in total. The van der Waals surface area contributed by atoms with Gasteiger partial charge in [-0.05, 0) is 69.6 Å². The average Bonchev–Trinajstić information content (AvgIpc) is 4.25. The summed E-state index contributed by atoms with van der Waals surface area (Å²) in [7, 11) is 15.9. The van der Waals surface area contributed by atoms with Crippen LogP contribution < -0.4 is 22.7 Å². The molecule has 1 saturated heterocycles. The van der Waals surface area contributed by atoms with Gasteiger partial charge in [-0.25, -0.2) is 46.9 Å². The molecule has 1 fully saturated rings. The Balaban J connectivity index is 0.000000206. The van der Waals surface area contributed by atoms with Crippen molar-refractivity contribution < 1.29 is 31.8 Å². The minimum absolute atomic E-state index is 0. The van der Waals surface area contributed by atoms with Crippen LogP contribution in [0.2, 0.25) is 5.15 Å². The fourth-order valence-electron chi connectivity index (χ4n) is 6.64. The number of rotatable bonds is 7. The Morgan fingerprint density at radius 3 is 1.63 bits per heavy atom. The molecule has 1 aliphatic rings. The molecule has 8 aromatic rings. The summed E-state index contributed by atoms with van der Waals surface area (Å²) in [5.74, 6) is -3.85. The quantitative estimate of drug-likeness (QED) is 0.0388. The van der Waals surface area contributed by atoms with Gasteiger partial charge in [0.2, 0.25) is 11.9 Å². The third-order valence-corrected chi connectivity index (χ3v) is 31.2. The van der Waals surface area contributed by atoms with Gasteiger partial charge in [-0.3, -0.25) is 10.1 Å². The highest BCUT2D eigenvalue weighted by molar-refractivity contribution is 8.75. The highest BCUT2D eigenvalue weighted by Gasteiger charge is 2.51. The Morgan fingerprint density at radius 2 is 1.14 bits per heavy atom. The van der Waals surface area contributed by atoms with E-state index in [0.717, 1.165) is 17.6 Å². The predicted molar refractivity (Wildman–Crippen MR) is 334 cm³/mol. The number of nitro benzene ring substituents is 1. The molecule has 424 valence electrons. The van der Waals surface area contributed by atoms with Crippen molar-refractivity contribution in [3.8, 4) is 23.4 Å². The molecule has 0 atom stereocenters. The first-order chi connectivity index (χ1) is 38.1. The summed E-state index contributed by atoms with van der Waals surface area (Å²) in [6.45, 7) is 7.45. The summed E-state index contributed by atoms with van der Waals surface area (Å²) in [5, 5.41) is 37.5. The van der Waals surface area contributed by atoms with Crippen molar-refractivity contribution in [2.75, 3.05) is 17.2 Å². The van der Waals surface area contributed by atoms with Crippen molar-refractivity contribution >= 4 is 181 Å². The highest BCUT2D eigenvalue weighted by Crippen LogP contribution is 2.36. The fourth-order valence-corrected chi connectivity index (χ4v) is 28.8. The van der Waals surface area contributed by atoms with Crippen LogP contribution in [-0.2, 0) is 134 Å². The van der Waals surface area contributed by atoms with Gasteiger partial charge in [0.15, 0.2) is 11.3 Å². The van der Waals surface area contributed by atoms with Crippen molar-refractivity contribution in [2.45, 2.75) is 59.4 Å². The molecule has 0 radical (unpaired) electrons. The van der Waals surface area contributed by atoms with Gasteiger partial charge < -0.3 is 26.5 Å². The maximum absolute atomic E-state index is 14.2. The Kier molecular flexibility index (Phi) is 24.9. The second kappa shape index (κ2) is 30.5. The van der Waals surface area contributed by atoms with Gasteiger partial charge in [-0.15, -0.1) is 0 Å². The number of anilines is 3. The van der Waals surface area contributed by atoms with Crippen LogP contribution in [-0.4, -0.2) is 72.7 Å². The Hall–Kier alpha value is -5.75. The normalized spacial score (nSPS) is 12.4. The molecule has 1 aliphatic heterocycles. The number of halogens is 5. The van der Waals surface area contributed by atoms with Gasteiger partial charge in [0, 0.05) is 146 Å². The van der Waals surface area contributed by atoms with Gasteiger partial charge in [-0.2, -0.15) is 30.7 Å². The van der Waals surface area contributed by atoms with E-state index in [9.17, 15) is 27.7 Å². The molecule has 6 N–H and O–H groups in total. The topological polar surface area (TPSA) is 300 Å². The van der Waals surface area contributed by atoms with E-state index < -0.39 is 46.6 Å². The molecular weight excluding hydrogens is 1310 g/mol. The second-order valence-electron chi connectivity index (χ2n) is 16.4. The molecule has 2 aromatic carbocycles. The molecule has 7 heterocycles. The standard InChI is InChI=1S/C18H12F2N8.C12H15BN2O2.C12H7ClF2N6O2.CH4.S12/c19-14-4-10(22)5-15(20)13(14)8-28-17-12(7-25-28)16(26-18(23)27-17)9-1-2-24-11(3-9)6-21;1-11(2)12(3,4)17-13(16-11)9-5-6-15-10(7-9)8-14;13-10-6-3-17-20(11(6)19-12(16)18-10)4-7-8(14)1-5(21(22)23)2-9(7)15;;1-3-5-7-9-11-12-10-8-6-4-2/h1-5,7H,8,22H2,(H2,23,26,27);5-7H,1-4H3;1-3H,4H2,(H2,16,18,19);1H4;. The van der Waals surface area contributed by atoms with E-state index in [1.807, 2.05) is 45.9 Å². The van der Waals surface area contributed by atoms with Crippen molar-refractivity contribution in [1.29, 1.82) is 10.5 Å². The molecule has 9 rings (SSSR count). The minimum atomic E-state index is -1.06. The number of hydrogen-bond donors (Lipinski definition) is 3. The number of nitriles is 2. The zero-order chi connectivity index (χ0) is 58.3. The summed E-state index contributed by atoms with van der Waals surface area (Å²) < 4.78 is 70.5. The number of nitrogens with two attached hydrogens (primary N) is 3. The van der Waals surface area contributed by atoms with Gasteiger partial charge >= 0.3 is 7.12 Å². The van der Waals surface area contributed by atoms with Crippen molar-refractivity contribution in [3.05, 3.63) is 134 Å². The number of non-ortho nitro benzene ring substituents is 1. The number of nitro groups is 1. The smallest absolute Gasteiger partial charge is 0.399 e. The van der Waals surface area contributed by atoms with Gasteiger partial charge in [-0.1, -0.05) is 19.0 Å². The molecule has 0 spiro atoms. The summed E-state index contributed by atoms with van der Waals surface area (Å²) in [4.78, 5) is 33.6. The molecule has 0 aliphatic carbocycles. The summed E-state index contributed by atoms with van der Waals surface area (Å²) in [6, 6.07) is 14.0. The number of fused-ring (bicyclic) bond motifs is 2. The molecular formula is C43H38BClF4N16O4S12. The molecule has 0 saturated carbocycles. The van der Waals surface area contributed by atoms with Crippen LogP contribution in [0.4, 0.5) is 40.8 Å². The van der Waals surface area contributed by atoms with Gasteiger partial charge in [0.05, 0.1) is 70.2 Å². The molecule has 0 unspecified atom stereocenters. The maximum Gasteiger partial charge on any atom is 0.494 e. The first-order valence-corrected chi connectivity index (χ1v) is 36.6. The Bertz CT molecular complexity index is 4170. The van der Waals surface area contributed by atoms with E-state index in [1.165, 1.54) is 45.7 Å². The van der Waals surface area contributed by atoms with Crippen LogP contribution in [0.5, 0.6) is 0 Å². The van der Waals surface area contributed by atoms with Crippen molar-refractivity contribution in [1.82, 2.24) is 49.5 Å². The molecule has 6 aromatic heterocycles. The lowest BCUT2D eigenvalue weighted by Gasteiger charge is -2.32. The molecule has 0 bridgehead atoms. The predicted octanol–water partition coefficient (Wildman–Crippen LogP) is 6.41. The third kappa shape index (κ3) is 17.6. The zero-order valence-corrected chi connectivity index (χ0v) is 51.4. The van der Waals surface area contributed by atoms with Crippen LogP contribution in [0.25, 0.3) is 33.3 Å².